The van der Waals surface area contributed by atoms with Gasteiger partial charge in [0.2, 0.25) is 0 Å². The number of tetrazole rings is 4. The quantitative estimate of drug-likeness (QED) is 0.109. The van der Waals surface area contributed by atoms with Crippen LogP contribution < -0.4 is 21.4 Å². The minimum absolute atomic E-state index is 0.579. The molecule has 1 aliphatic rings. The summed E-state index contributed by atoms with van der Waals surface area (Å²) < 4.78 is 0. The van der Waals surface area contributed by atoms with Crippen LogP contribution in [-0.2, 0) is 0 Å². The van der Waals surface area contributed by atoms with Crippen molar-refractivity contribution in [2.75, 3.05) is 0 Å². The molecule has 8 bridgehead atoms. The van der Waals surface area contributed by atoms with Gasteiger partial charge < -0.3 is 19.9 Å². The lowest BCUT2D eigenvalue weighted by Gasteiger charge is -2.10. The first-order valence-electron chi connectivity index (χ1n) is 21.3. The van der Waals surface area contributed by atoms with Gasteiger partial charge in [0.25, 0.3) is 0 Å². The van der Waals surface area contributed by atoms with Crippen LogP contribution in [0, 0.1) is 0 Å². The molecule has 0 spiro atoms. The molecule has 0 saturated carbocycles. The van der Waals surface area contributed by atoms with Gasteiger partial charge in [-0.05, 0) is 112 Å². The van der Waals surface area contributed by atoms with Crippen LogP contribution in [0.1, 0.15) is 45.0 Å². The molecule has 0 saturated heterocycles. The zero-order valence-corrected chi connectivity index (χ0v) is 35.2. The largest absolute Gasteiger partial charge is 0.354 e. The molecular formula is C48H32N20. The molecule has 20 heteroatoms. The fourth-order valence-electron chi connectivity index (χ4n) is 8.88. The summed E-state index contributed by atoms with van der Waals surface area (Å²) in [5.74, 6) is 2.32. The predicted octanol–water partition coefficient (Wildman–Crippen LogP) is 3.02. The highest BCUT2D eigenvalue weighted by Gasteiger charge is 2.20. The SMILES string of the molecule is c1cc(-c2nnn[nH]2)ccc1C1=c2ccc([nH]2)=C(c2ccc(-c3nnn[nH]3)cc2)c2ccc([nH]2)C(c2ccc(-c3nnn[nH]3)cc2)=c2ccc([nH]2)=C(c2ccc(-c3nnn[nH]3)cc2)c2ccc1[nH]2. The fourth-order valence-corrected chi connectivity index (χ4v) is 8.88. The molecular weight excluding hydrogens is 857 g/mol. The molecule has 68 heavy (non-hydrogen) atoms. The van der Waals surface area contributed by atoms with Gasteiger partial charge in [0.1, 0.15) is 0 Å². The van der Waals surface area contributed by atoms with Gasteiger partial charge in [0, 0.05) is 88.7 Å². The Balaban J connectivity index is 1.08. The third-order valence-electron chi connectivity index (χ3n) is 12.1. The number of H-pyrrole nitrogens is 8. The van der Waals surface area contributed by atoms with Gasteiger partial charge in [-0.1, -0.05) is 97.1 Å². The standard InChI is InChI=1S/C48H32N20/c1-9-29(45-53-61-62-54-45)10-2-25(1)41-33-17-19-35(49-33)42(26-3-11-30(12-4-26)46-55-63-64-56-46)37-21-23-39(51-37)44(28-7-15-32(16-8-28)48-59-67-68-60-48)40-24-22-38(52-40)43(36-20-18-34(41)50-36)27-5-13-31(14-6-27)47-57-65-66-58-47/h1-24,49-52H,(H,53,54,61,62)(H,55,56,63,64)(H,57,58,65,66)(H,59,60,67,68). The second-order valence-corrected chi connectivity index (χ2v) is 16.0. The van der Waals surface area contributed by atoms with Gasteiger partial charge in [-0.3, -0.25) is 0 Å². The van der Waals surface area contributed by atoms with E-state index >= 15 is 0 Å². The van der Waals surface area contributed by atoms with Crippen LogP contribution in [0.5, 0.6) is 0 Å². The molecule has 13 rings (SSSR count). The minimum Gasteiger partial charge on any atom is -0.354 e. The van der Waals surface area contributed by atoms with Crippen molar-refractivity contribution in [3.05, 3.63) is 212 Å². The van der Waals surface area contributed by atoms with Gasteiger partial charge >= 0.3 is 0 Å². The Hall–Kier alpha value is -10.2. The maximum atomic E-state index is 4.13. The van der Waals surface area contributed by atoms with E-state index in [1.807, 2.05) is 48.5 Å². The number of hydrogen-bond donors (Lipinski definition) is 8. The molecule has 0 aliphatic carbocycles. The van der Waals surface area contributed by atoms with E-state index in [0.29, 0.717) is 23.3 Å². The molecule has 0 fully saturated rings. The molecule has 1 aliphatic heterocycles. The Labute approximate surface area is 381 Å². The predicted molar refractivity (Wildman–Crippen MR) is 247 cm³/mol. The number of rotatable bonds is 8. The van der Waals surface area contributed by atoms with Gasteiger partial charge in [0.05, 0.1) is 0 Å². The third-order valence-corrected chi connectivity index (χ3v) is 12.1. The van der Waals surface area contributed by atoms with Crippen molar-refractivity contribution in [2.45, 2.75) is 0 Å². The van der Waals surface area contributed by atoms with E-state index in [9.17, 15) is 0 Å². The van der Waals surface area contributed by atoms with Crippen molar-refractivity contribution >= 4 is 22.3 Å². The first kappa shape index (κ1) is 38.2. The summed E-state index contributed by atoms with van der Waals surface area (Å²) in [6.45, 7) is 0. The first-order chi connectivity index (χ1) is 33.7. The summed E-state index contributed by atoms with van der Waals surface area (Å²) in [6.07, 6.45) is 0. The van der Waals surface area contributed by atoms with Crippen LogP contribution in [0.2, 0.25) is 0 Å². The Morgan fingerprint density at radius 2 is 0.441 bits per heavy atom. The highest BCUT2D eigenvalue weighted by Crippen LogP contribution is 2.30. The number of nitrogens with zero attached hydrogens (tertiary/aromatic N) is 12. The van der Waals surface area contributed by atoms with Crippen LogP contribution in [0.15, 0.2) is 146 Å². The highest BCUT2D eigenvalue weighted by molar-refractivity contribution is 5.86. The number of benzene rings is 4. The summed E-state index contributed by atoms with van der Waals surface area (Å²) in [5.41, 5.74) is 14.7. The van der Waals surface area contributed by atoms with E-state index in [2.05, 4.69) is 199 Å². The molecule has 12 aromatic rings. The molecule has 9 heterocycles. The second kappa shape index (κ2) is 15.8. The normalized spacial score (nSPS) is 12.6. The van der Waals surface area contributed by atoms with E-state index < -0.39 is 0 Å². The molecule has 324 valence electrons. The summed E-state index contributed by atoms with van der Waals surface area (Å²) in [7, 11) is 0. The summed E-state index contributed by atoms with van der Waals surface area (Å²) in [6, 6.07) is 49.7. The maximum absolute atomic E-state index is 4.13. The van der Waals surface area contributed by atoms with E-state index in [4.69, 9.17) is 0 Å². The Bertz CT molecular complexity index is 3450. The molecule has 8 N–H and O–H groups in total. The van der Waals surface area contributed by atoms with Crippen molar-refractivity contribution < 1.29 is 0 Å². The van der Waals surface area contributed by atoms with E-state index in [1.54, 1.807) is 0 Å². The number of aromatic nitrogens is 20. The number of hydrogen-bond acceptors (Lipinski definition) is 12. The Morgan fingerprint density at radius 1 is 0.221 bits per heavy atom. The third kappa shape index (κ3) is 6.72. The first-order valence-corrected chi connectivity index (χ1v) is 21.3. The van der Waals surface area contributed by atoms with Crippen molar-refractivity contribution in [1.82, 2.24) is 102 Å². The molecule has 0 amide bonds. The topological polar surface area (TPSA) is 281 Å². The smallest absolute Gasteiger partial charge is 0.179 e. The van der Waals surface area contributed by atoms with Crippen molar-refractivity contribution in [3.8, 4) is 45.6 Å². The summed E-state index contributed by atoms with van der Waals surface area (Å²) in [4.78, 5) is 15.4. The maximum Gasteiger partial charge on any atom is 0.179 e. The number of aromatic amines is 8. The van der Waals surface area contributed by atoms with Crippen molar-refractivity contribution in [2.24, 2.45) is 0 Å². The zero-order valence-electron chi connectivity index (χ0n) is 35.2. The van der Waals surface area contributed by atoms with Crippen LogP contribution >= 0.6 is 0 Å². The van der Waals surface area contributed by atoms with Crippen LogP contribution in [0.4, 0.5) is 0 Å². The lowest BCUT2D eigenvalue weighted by molar-refractivity contribution is 0.881. The average Bonchev–Trinajstić information content (AvgIpc) is 4.24. The van der Waals surface area contributed by atoms with Gasteiger partial charge in [-0.2, -0.15) is 0 Å². The molecule has 4 aromatic carbocycles. The monoisotopic (exact) mass is 888 g/mol. The Kier molecular flexibility index (Phi) is 8.87. The van der Waals surface area contributed by atoms with Crippen LogP contribution in [0.25, 0.3) is 67.8 Å². The number of fused-ring (bicyclic) bond motifs is 8. The lowest BCUT2D eigenvalue weighted by atomic mass is 10.0. The van der Waals surface area contributed by atoms with Crippen molar-refractivity contribution in [1.29, 1.82) is 0 Å². The van der Waals surface area contributed by atoms with E-state index in [0.717, 1.165) is 111 Å². The molecule has 20 nitrogen and oxygen atoms in total. The van der Waals surface area contributed by atoms with Crippen molar-refractivity contribution in [3.63, 3.8) is 0 Å². The highest BCUT2D eigenvalue weighted by atomic mass is 15.5. The summed E-state index contributed by atoms with van der Waals surface area (Å²) in [5, 5.41) is 61.9. The minimum atomic E-state index is 0.579. The van der Waals surface area contributed by atoms with Crippen LogP contribution in [-0.4, -0.2) is 102 Å². The molecule has 0 unspecified atom stereocenters. The van der Waals surface area contributed by atoms with Crippen LogP contribution in [0.3, 0.4) is 0 Å². The average molecular weight is 889 g/mol. The van der Waals surface area contributed by atoms with Gasteiger partial charge in [-0.15, -0.1) is 20.4 Å². The second-order valence-electron chi connectivity index (χ2n) is 16.0. The summed E-state index contributed by atoms with van der Waals surface area (Å²) >= 11 is 0. The number of nitrogens with one attached hydrogen (secondary N) is 8. The zero-order chi connectivity index (χ0) is 45.0. The fraction of sp³-hybridized carbons (Fsp3) is 0. The molecule has 0 radical (unpaired) electrons. The lowest BCUT2D eigenvalue weighted by Crippen LogP contribution is -2.19. The Morgan fingerprint density at radius 3 is 0.647 bits per heavy atom. The van der Waals surface area contributed by atoms with Gasteiger partial charge in [-0.25, -0.2) is 20.4 Å². The molecule has 8 aromatic heterocycles. The van der Waals surface area contributed by atoms with E-state index in [-0.39, 0.29) is 0 Å². The van der Waals surface area contributed by atoms with E-state index in [1.165, 1.54) is 0 Å². The molecule has 0 atom stereocenters. The van der Waals surface area contributed by atoms with Gasteiger partial charge in [0.15, 0.2) is 23.3 Å².